The summed E-state index contributed by atoms with van der Waals surface area (Å²) in [5.41, 5.74) is 5.45. The molecule has 0 radical (unpaired) electrons. The highest BCUT2D eigenvalue weighted by molar-refractivity contribution is 6.06. The first-order valence-corrected chi connectivity index (χ1v) is 10.3. The van der Waals surface area contributed by atoms with Crippen LogP contribution in [0.5, 0.6) is 0 Å². The van der Waals surface area contributed by atoms with E-state index in [0.29, 0.717) is 44.8 Å². The van der Waals surface area contributed by atoms with Crippen molar-refractivity contribution in [1.29, 1.82) is 0 Å². The van der Waals surface area contributed by atoms with Crippen molar-refractivity contribution in [2.45, 2.75) is 45.6 Å². The van der Waals surface area contributed by atoms with Crippen LogP contribution in [0.2, 0.25) is 0 Å². The molecule has 0 saturated carbocycles. The Labute approximate surface area is 175 Å². The number of piperidine rings is 1. The van der Waals surface area contributed by atoms with Gasteiger partial charge >= 0.3 is 6.03 Å². The molecule has 1 aromatic rings. The second kappa shape index (κ2) is 8.57. The van der Waals surface area contributed by atoms with Crippen molar-refractivity contribution >= 4 is 23.6 Å². The number of amides is 3. The van der Waals surface area contributed by atoms with Crippen molar-refractivity contribution < 1.29 is 18.4 Å². The maximum Gasteiger partial charge on any atom is 0.321 e. The van der Waals surface area contributed by atoms with Gasteiger partial charge in [0, 0.05) is 31.4 Å². The summed E-state index contributed by atoms with van der Waals surface area (Å²) in [5.74, 6) is -1.24. The van der Waals surface area contributed by atoms with Gasteiger partial charge in [-0.3, -0.25) is 9.69 Å². The van der Waals surface area contributed by atoms with Crippen LogP contribution >= 0.6 is 0 Å². The van der Waals surface area contributed by atoms with Crippen LogP contribution in [0.4, 0.5) is 19.3 Å². The minimum Gasteiger partial charge on any atom is -0.369 e. The summed E-state index contributed by atoms with van der Waals surface area (Å²) in [7, 11) is 0. The normalized spacial score (nSPS) is 22.6. The van der Waals surface area contributed by atoms with Gasteiger partial charge in [-0.25, -0.2) is 18.6 Å². The van der Waals surface area contributed by atoms with Crippen molar-refractivity contribution in [2.24, 2.45) is 22.6 Å². The fraction of sp³-hybridized carbons (Fsp3) is 0.571. The highest BCUT2D eigenvalue weighted by atomic mass is 19.2. The van der Waals surface area contributed by atoms with E-state index in [-0.39, 0.29) is 29.5 Å². The lowest BCUT2D eigenvalue weighted by molar-refractivity contribution is -0.131. The molecule has 1 aromatic carbocycles. The number of likely N-dealkylation sites (tertiary alicyclic amines) is 1. The molecule has 7 nitrogen and oxygen atoms in total. The monoisotopic (exact) mass is 421 g/mol. The zero-order valence-corrected chi connectivity index (χ0v) is 17.6. The number of benzene rings is 1. The van der Waals surface area contributed by atoms with Crippen LogP contribution < -0.4 is 11.1 Å². The van der Waals surface area contributed by atoms with E-state index in [1.165, 1.54) is 6.07 Å². The van der Waals surface area contributed by atoms with Crippen molar-refractivity contribution in [3.63, 3.8) is 0 Å². The Morgan fingerprint density at radius 1 is 1.30 bits per heavy atom. The first-order chi connectivity index (χ1) is 14.1. The minimum absolute atomic E-state index is 0.0628. The molecule has 30 heavy (non-hydrogen) atoms. The highest BCUT2D eigenvalue weighted by Gasteiger charge is 2.44. The fourth-order valence-corrected chi connectivity index (χ4v) is 4.21. The van der Waals surface area contributed by atoms with Crippen LogP contribution in [0.3, 0.4) is 0 Å². The van der Waals surface area contributed by atoms with E-state index >= 15 is 0 Å². The second-order valence-electron chi connectivity index (χ2n) is 8.75. The van der Waals surface area contributed by atoms with Crippen LogP contribution in [0.15, 0.2) is 23.2 Å². The van der Waals surface area contributed by atoms with Crippen molar-refractivity contribution in [2.75, 3.05) is 25.0 Å². The Morgan fingerprint density at radius 3 is 2.57 bits per heavy atom. The Hall–Kier alpha value is -2.71. The number of hydrogen-bond acceptors (Lipinski definition) is 4. The smallest absolute Gasteiger partial charge is 0.321 e. The Bertz CT molecular complexity index is 852. The summed E-state index contributed by atoms with van der Waals surface area (Å²) in [6, 6.07) is 2.89. The zero-order valence-electron chi connectivity index (χ0n) is 17.6. The maximum atomic E-state index is 13.3. The topological polar surface area (TPSA) is 91.0 Å². The Balaban J connectivity index is 1.52. The second-order valence-corrected chi connectivity index (χ2v) is 8.75. The first-order valence-electron chi connectivity index (χ1n) is 10.3. The lowest BCUT2D eigenvalue weighted by Crippen LogP contribution is -2.48. The lowest BCUT2D eigenvalue weighted by Gasteiger charge is -2.34. The summed E-state index contributed by atoms with van der Waals surface area (Å²) in [5, 5.41) is 2.59. The number of hydrogen-bond donors (Lipinski definition) is 2. The van der Waals surface area contributed by atoms with E-state index in [9.17, 15) is 18.4 Å². The predicted octanol–water partition coefficient (Wildman–Crippen LogP) is 3.17. The summed E-state index contributed by atoms with van der Waals surface area (Å²) >= 11 is 0. The molecule has 1 atom stereocenters. The quantitative estimate of drug-likeness (QED) is 0.765. The number of nitrogens with two attached hydrogens (primary N) is 1. The molecule has 1 fully saturated rings. The summed E-state index contributed by atoms with van der Waals surface area (Å²) in [4.78, 5) is 32.9. The first kappa shape index (κ1) is 22.0. The van der Waals surface area contributed by atoms with Gasteiger partial charge < -0.3 is 16.0 Å². The number of rotatable bonds is 5. The molecular formula is C21H29F2N5O2. The molecule has 2 aliphatic rings. The number of guanidine groups is 1. The van der Waals surface area contributed by atoms with Crippen molar-refractivity contribution in [3.05, 3.63) is 29.8 Å². The maximum absolute atomic E-state index is 13.3. The van der Waals surface area contributed by atoms with Gasteiger partial charge in [-0.2, -0.15) is 0 Å². The van der Waals surface area contributed by atoms with Crippen LogP contribution in [0.1, 0.15) is 40.0 Å². The predicted molar refractivity (Wildman–Crippen MR) is 111 cm³/mol. The lowest BCUT2D eigenvalue weighted by atomic mass is 9.90. The van der Waals surface area contributed by atoms with Crippen molar-refractivity contribution in [3.8, 4) is 0 Å². The molecule has 2 aliphatic heterocycles. The minimum atomic E-state index is -1.01. The molecule has 0 bridgehead atoms. The van der Waals surface area contributed by atoms with Gasteiger partial charge in [-0.05, 0) is 50.2 Å². The zero-order chi connectivity index (χ0) is 22.1. The van der Waals surface area contributed by atoms with Crippen LogP contribution in [0, 0.1) is 23.5 Å². The standard InChI is InChI=1S/C21H29F2N5O2/c1-13(2)11-21(3)18(29)28(19(24)26-21)12-14-6-8-27(9-7-14)20(30)25-15-4-5-16(22)17(23)10-15/h4-5,10,13-14H,6-9,11-12H2,1-3H3,(H2,24,26)(H,25,30). The van der Waals surface area contributed by atoms with Gasteiger partial charge in [0.05, 0.1) is 0 Å². The molecule has 9 heteroatoms. The molecule has 2 heterocycles. The molecule has 3 N–H and O–H groups in total. The van der Waals surface area contributed by atoms with Crippen LogP contribution in [0.25, 0.3) is 0 Å². The molecule has 3 rings (SSSR count). The molecule has 0 aliphatic carbocycles. The summed E-state index contributed by atoms with van der Waals surface area (Å²) in [6.07, 6.45) is 2.07. The van der Waals surface area contributed by atoms with E-state index in [4.69, 9.17) is 5.73 Å². The third-order valence-corrected chi connectivity index (χ3v) is 5.66. The highest BCUT2D eigenvalue weighted by Crippen LogP contribution is 2.30. The average molecular weight is 421 g/mol. The van der Waals surface area contributed by atoms with Gasteiger partial charge in [0.15, 0.2) is 17.6 Å². The number of aliphatic imine (C=N–C) groups is 1. The van der Waals surface area contributed by atoms with Gasteiger partial charge in [-0.1, -0.05) is 13.8 Å². The van der Waals surface area contributed by atoms with Gasteiger partial charge in [0.25, 0.3) is 5.91 Å². The molecule has 0 aromatic heterocycles. The number of nitrogens with one attached hydrogen (secondary N) is 1. The molecule has 0 spiro atoms. The number of carbonyl (C=O) groups excluding carboxylic acids is 2. The molecular weight excluding hydrogens is 392 g/mol. The largest absolute Gasteiger partial charge is 0.369 e. The molecule has 164 valence electrons. The average Bonchev–Trinajstić information content (AvgIpc) is 2.87. The van der Waals surface area contributed by atoms with Crippen LogP contribution in [-0.2, 0) is 4.79 Å². The summed E-state index contributed by atoms with van der Waals surface area (Å²) in [6.45, 7) is 7.42. The van der Waals surface area contributed by atoms with E-state index in [0.717, 1.165) is 12.1 Å². The summed E-state index contributed by atoms with van der Waals surface area (Å²) < 4.78 is 26.3. The Kier molecular flexibility index (Phi) is 6.28. The SMILES string of the molecule is CC(C)CC1(C)N=C(N)N(CC2CCN(C(=O)Nc3ccc(F)c(F)c3)CC2)C1=O. The van der Waals surface area contributed by atoms with Crippen molar-refractivity contribution in [1.82, 2.24) is 9.80 Å². The molecule has 1 saturated heterocycles. The third kappa shape index (κ3) is 4.71. The van der Waals surface area contributed by atoms with Gasteiger partial charge in [0.1, 0.15) is 5.54 Å². The third-order valence-electron chi connectivity index (χ3n) is 5.66. The number of nitrogens with zero attached hydrogens (tertiary/aromatic N) is 3. The molecule has 3 amide bonds. The molecule has 1 unspecified atom stereocenters. The van der Waals surface area contributed by atoms with Gasteiger partial charge in [0.2, 0.25) is 0 Å². The van der Waals surface area contributed by atoms with E-state index in [1.54, 1.807) is 9.80 Å². The van der Waals surface area contributed by atoms with E-state index in [1.807, 2.05) is 20.8 Å². The van der Waals surface area contributed by atoms with Crippen LogP contribution in [-0.4, -0.2) is 52.9 Å². The van der Waals surface area contributed by atoms with Gasteiger partial charge in [-0.15, -0.1) is 0 Å². The van der Waals surface area contributed by atoms with E-state index in [2.05, 4.69) is 10.3 Å². The fourth-order valence-electron chi connectivity index (χ4n) is 4.21. The Morgan fingerprint density at radius 2 is 1.97 bits per heavy atom. The van der Waals surface area contributed by atoms with E-state index < -0.39 is 17.2 Å². The number of carbonyl (C=O) groups is 2. The number of urea groups is 1. The number of anilines is 1. The number of halogens is 2.